The van der Waals surface area contributed by atoms with Crippen molar-refractivity contribution in [1.29, 1.82) is 0 Å². The zero-order chi connectivity index (χ0) is 20.9. The van der Waals surface area contributed by atoms with Crippen molar-refractivity contribution in [2.24, 2.45) is 5.41 Å². The highest BCUT2D eigenvalue weighted by atomic mass is 16.5. The molecule has 1 spiro atoms. The molecule has 1 aromatic rings. The van der Waals surface area contributed by atoms with E-state index in [9.17, 15) is 4.79 Å². The van der Waals surface area contributed by atoms with Crippen molar-refractivity contribution in [2.45, 2.75) is 64.3 Å². The van der Waals surface area contributed by atoms with Gasteiger partial charge in [0.2, 0.25) is 0 Å². The van der Waals surface area contributed by atoms with Crippen molar-refractivity contribution < 1.29 is 9.53 Å². The third-order valence-corrected chi connectivity index (χ3v) is 8.00. The molecular formula is C24H36N4O2. The molecule has 4 aliphatic rings. The van der Waals surface area contributed by atoms with Crippen molar-refractivity contribution >= 4 is 11.7 Å². The van der Waals surface area contributed by atoms with E-state index in [-0.39, 0.29) is 11.4 Å². The molecule has 0 aromatic carbocycles. The number of urea groups is 1. The van der Waals surface area contributed by atoms with Gasteiger partial charge in [-0.15, -0.1) is 0 Å². The molecule has 0 N–H and O–H groups in total. The molecule has 4 aliphatic heterocycles. The van der Waals surface area contributed by atoms with E-state index in [0.29, 0.717) is 11.5 Å². The molecule has 30 heavy (non-hydrogen) atoms. The van der Waals surface area contributed by atoms with Gasteiger partial charge in [-0.2, -0.15) is 0 Å². The highest BCUT2D eigenvalue weighted by molar-refractivity contribution is 5.95. The minimum absolute atomic E-state index is 0.0938. The molecule has 3 saturated heterocycles. The van der Waals surface area contributed by atoms with Crippen LogP contribution in [-0.4, -0.2) is 72.8 Å². The fourth-order valence-corrected chi connectivity index (χ4v) is 6.08. The summed E-state index contributed by atoms with van der Waals surface area (Å²) in [5.41, 5.74) is 3.32. The molecule has 0 aliphatic carbocycles. The molecule has 5 rings (SSSR count). The van der Waals surface area contributed by atoms with Crippen LogP contribution in [0.2, 0.25) is 0 Å². The van der Waals surface area contributed by atoms with Crippen LogP contribution < -0.4 is 4.90 Å². The Bertz CT molecular complexity index is 809. The van der Waals surface area contributed by atoms with E-state index < -0.39 is 0 Å². The number of rotatable bonds is 1. The molecule has 1 aromatic heterocycles. The summed E-state index contributed by atoms with van der Waals surface area (Å²) in [5.74, 6) is 0. The largest absolute Gasteiger partial charge is 0.381 e. The maximum atomic E-state index is 13.5. The molecule has 2 amide bonds. The Morgan fingerprint density at radius 2 is 1.77 bits per heavy atom. The van der Waals surface area contributed by atoms with Crippen molar-refractivity contribution in [1.82, 2.24) is 14.8 Å². The van der Waals surface area contributed by atoms with Crippen LogP contribution in [0.1, 0.15) is 57.3 Å². The number of aromatic nitrogens is 1. The fourth-order valence-electron chi connectivity index (χ4n) is 6.08. The van der Waals surface area contributed by atoms with E-state index in [1.807, 2.05) is 17.9 Å². The van der Waals surface area contributed by atoms with Crippen LogP contribution in [0.4, 0.5) is 10.5 Å². The number of piperidine rings is 1. The maximum absolute atomic E-state index is 13.5. The van der Waals surface area contributed by atoms with Crippen molar-refractivity contribution in [3.8, 4) is 0 Å². The lowest BCUT2D eigenvalue weighted by Crippen LogP contribution is -2.49. The summed E-state index contributed by atoms with van der Waals surface area (Å²) in [7, 11) is 0. The number of nitrogens with zero attached hydrogens (tertiary/aromatic N) is 4. The van der Waals surface area contributed by atoms with E-state index in [1.54, 1.807) is 0 Å². The number of hydrogen-bond donors (Lipinski definition) is 0. The van der Waals surface area contributed by atoms with Crippen LogP contribution >= 0.6 is 0 Å². The summed E-state index contributed by atoms with van der Waals surface area (Å²) in [6.07, 6.45) is 5.94. The second kappa shape index (κ2) is 7.49. The molecule has 0 saturated carbocycles. The van der Waals surface area contributed by atoms with E-state index in [0.717, 1.165) is 56.3 Å². The molecule has 164 valence electrons. The fraction of sp³-hybridized carbons (Fsp3) is 0.750. The second-order valence-electron chi connectivity index (χ2n) is 10.6. The van der Waals surface area contributed by atoms with Gasteiger partial charge in [0.15, 0.2) is 0 Å². The zero-order valence-electron chi connectivity index (χ0n) is 18.8. The maximum Gasteiger partial charge on any atom is 0.324 e. The normalized spacial score (nSPS) is 26.4. The van der Waals surface area contributed by atoms with Crippen LogP contribution in [0.3, 0.4) is 0 Å². The number of likely N-dealkylation sites (tertiary alicyclic amines) is 2. The van der Waals surface area contributed by atoms with Gasteiger partial charge >= 0.3 is 6.03 Å². The molecule has 5 heterocycles. The number of pyridine rings is 1. The lowest BCUT2D eigenvalue weighted by Gasteiger charge is -2.43. The Kier molecular flexibility index (Phi) is 5.05. The molecule has 6 heteroatoms. The third kappa shape index (κ3) is 3.52. The summed E-state index contributed by atoms with van der Waals surface area (Å²) in [6.45, 7) is 13.1. The van der Waals surface area contributed by atoms with Crippen LogP contribution in [0.5, 0.6) is 0 Å². The molecule has 0 bridgehead atoms. The van der Waals surface area contributed by atoms with E-state index >= 15 is 0 Å². The van der Waals surface area contributed by atoms with Gasteiger partial charge in [0.05, 0.1) is 11.4 Å². The number of anilines is 1. The average molecular weight is 413 g/mol. The number of aryl methyl sites for hydroxylation is 1. The van der Waals surface area contributed by atoms with Gasteiger partial charge in [-0.25, -0.2) is 4.79 Å². The topological polar surface area (TPSA) is 48.9 Å². The van der Waals surface area contributed by atoms with Gasteiger partial charge in [0.1, 0.15) is 0 Å². The van der Waals surface area contributed by atoms with Crippen LogP contribution in [0.15, 0.2) is 12.1 Å². The first-order valence-corrected chi connectivity index (χ1v) is 11.7. The number of amides is 2. The lowest BCUT2D eigenvalue weighted by molar-refractivity contribution is 0.00771. The van der Waals surface area contributed by atoms with Gasteiger partial charge in [0.25, 0.3) is 0 Å². The smallest absolute Gasteiger partial charge is 0.324 e. The van der Waals surface area contributed by atoms with E-state index in [4.69, 9.17) is 9.72 Å². The summed E-state index contributed by atoms with van der Waals surface area (Å²) >= 11 is 0. The number of ether oxygens (including phenoxy) is 1. The summed E-state index contributed by atoms with van der Waals surface area (Å²) in [6, 6.07) is 4.99. The first kappa shape index (κ1) is 20.3. The number of fused-ring (bicyclic) bond motifs is 1. The standard InChI is InChI=1S/C24H36N4O2/c1-18-4-5-20-21(25-18)23(2,3)16-28(20)22(29)27-13-10-24(17-27)8-11-26(12-9-24)19-6-14-30-15-7-19/h4-5,19H,6-17H2,1-3H3. The quantitative estimate of drug-likeness (QED) is 0.708. The Labute approximate surface area is 180 Å². The summed E-state index contributed by atoms with van der Waals surface area (Å²) in [4.78, 5) is 25.1. The highest BCUT2D eigenvalue weighted by Crippen LogP contribution is 2.44. The van der Waals surface area contributed by atoms with Gasteiger partial charge in [-0.05, 0) is 69.7 Å². The third-order valence-electron chi connectivity index (χ3n) is 8.00. The van der Waals surface area contributed by atoms with Gasteiger partial charge < -0.3 is 14.5 Å². The highest BCUT2D eigenvalue weighted by Gasteiger charge is 2.46. The predicted octanol–water partition coefficient (Wildman–Crippen LogP) is 3.57. The van der Waals surface area contributed by atoms with Gasteiger partial charge in [0, 0.05) is 50.0 Å². The lowest BCUT2D eigenvalue weighted by atomic mass is 9.77. The number of hydrogen-bond acceptors (Lipinski definition) is 4. The van der Waals surface area contributed by atoms with Crippen LogP contribution in [0, 0.1) is 12.3 Å². The SMILES string of the molecule is Cc1ccc2c(n1)C(C)(C)CN2C(=O)N1CCC2(CCN(C3CCOCC3)CC2)C1. The van der Waals surface area contributed by atoms with E-state index in [1.165, 1.54) is 38.8 Å². The minimum atomic E-state index is -0.0938. The summed E-state index contributed by atoms with van der Waals surface area (Å²) < 4.78 is 5.54. The van der Waals surface area contributed by atoms with E-state index in [2.05, 4.69) is 29.7 Å². The summed E-state index contributed by atoms with van der Waals surface area (Å²) in [5, 5.41) is 0. The number of carbonyl (C=O) groups excluding carboxylic acids is 1. The molecule has 0 radical (unpaired) electrons. The van der Waals surface area contributed by atoms with Crippen LogP contribution in [0.25, 0.3) is 0 Å². The van der Waals surface area contributed by atoms with Crippen molar-refractivity contribution in [3.63, 3.8) is 0 Å². The van der Waals surface area contributed by atoms with Crippen molar-refractivity contribution in [2.75, 3.05) is 50.8 Å². The minimum Gasteiger partial charge on any atom is -0.381 e. The molecule has 3 fully saturated rings. The molecule has 0 atom stereocenters. The monoisotopic (exact) mass is 412 g/mol. The van der Waals surface area contributed by atoms with Gasteiger partial charge in [-0.3, -0.25) is 9.88 Å². The van der Waals surface area contributed by atoms with Crippen molar-refractivity contribution in [3.05, 3.63) is 23.5 Å². The number of carbonyl (C=O) groups is 1. The first-order valence-electron chi connectivity index (χ1n) is 11.7. The Hall–Kier alpha value is -1.66. The molecule has 0 unspecified atom stereocenters. The average Bonchev–Trinajstić information content (AvgIpc) is 3.27. The van der Waals surface area contributed by atoms with Crippen LogP contribution in [-0.2, 0) is 10.2 Å². The Morgan fingerprint density at radius 3 is 2.50 bits per heavy atom. The predicted molar refractivity (Wildman–Crippen MR) is 118 cm³/mol. The first-order chi connectivity index (χ1) is 14.4. The van der Waals surface area contributed by atoms with Gasteiger partial charge in [-0.1, -0.05) is 13.8 Å². The zero-order valence-corrected chi connectivity index (χ0v) is 18.8. The second-order valence-corrected chi connectivity index (χ2v) is 10.6. The molecule has 6 nitrogen and oxygen atoms in total. The Morgan fingerprint density at radius 1 is 1.07 bits per heavy atom. The molecular weight excluding hydrogens is 376 g/mol. The Balaban J connectivity index is 1.24.